The van der Waals surface area contributed by atoms with E-state index in [1.165, 1.54) is 4.31 Å². The lowest BCUT2D eigenvalue weighted by Crippen LogP contribution is -2.45. The summed E-state index contributed by atoms with van der Waals surface area (Å²) in [6, 6.07) is 8.65. The van der Waals surface area contributed by atoms with Crippen molar-refractivity contribution in [2.24, 2.45) is 5.73 Å². The van der Waals surface area contributed by atoms with Gasteiger partial charge < -0.3 is 5.73 Å². The zero-order valence-corrected chi connectivity index (χ0v) is 13.1. The third kappa shape index (κ3) is 3.03. The molecule has 114 valence electrons. The van der Waals surface area contributed by atoms with E-state index in [4.69, 9.17) is 5.73 Å². The van der Waals surface area contributed by atoms with Gasteiger partial charge in [0.25, 0.3) is 0 Å². The summed E-state index contributed by atoms with van der Waals surface area (Å²) in [4.78, 5) is 4.52. The first-order chi connectivity index (χ1) is 9.59. The summed E-state index contributed by atoms with van der Waals surface area (Å²) >= 11 is 0. The fourth-order valence-electron chi connectivity index (χ4n) is 2.63. The van der Waals surface area contributed by atoms with E-state index in [9.17, 15) is 8.42 Å². The minimum atomic E-state index is -3.51. The number of nitrogens with zero attached hydrogens (tertiary/aromatic N) is 2. The average molecular weight is 328 g/mol. The van der Waals surface area contributed by atoms with Crippen molar-refractivity contribution < 1.29 is 8.42 Å². The standard InChI is InChI=1S/C14H17N3O2S.ClH/c15-11-4-3-9-17(10-11)20(18,19)14-7-1-6-13-12(14)5-2-8-16-13;/h1-2,5-8,11H,3-4,9-10,15H2;1H. The van der Waals surface area contributed by atoms with Crippen LogP contribution in [0.1, 0.15) is 12.8 Å². The number of hydrogen-bond donors (Lipinski definition) is 1. The van der Waals surface area contributed by atoms with Crippen molar-refractivity contribution in [1.29, 1.82) is 0 Å². The van der Waals surface area contributed by atoms with Crippen LogP contribution in [-0.4, -0.2) is 36.8 Å². The third-order valence-corrected chi connectivity index (χ3v) is 5.57. The van der Waals surface area contributed by atoms with Gasteiger partial charge in [0.2, 0.25) is 10.0 Å². The van der Waals surface area contributed by atoms with Crippen molar-refractivity contribution in [3.8, 4) is 0 Å². The van der Waals surface area contributed by atoms with E-state index in [-0.39, 0.29) is 18.4 Å². The molecule has 0 bridgehead atoms. The van der Waals surface area contributed by atoms with E-state index >= 15 is 0 Å². The van der Waals surface area contributed by atoms with Crippen molar-refractivity contribution in [3.05, 3.63) is 36.5 Å². The summed E-state index contributed by atoms with van der Waals surface area (Å²) < 4.78 is 27.1. The fraction of sp³-hybridized carbons (Fsp3) is 0.357. The van der Waals surface area contributed by atoms with Crippen LogP contribution in [0.2, 0.25) is 0 Å². The molecule has 1 aromatic heterocycles. The second-order valence-corrected chi connectivity index (χ2v) is 7.00. The van der Waals surface area contributed by atoms with E-state index in [2.05, 4.69) is 4.98 Å². The molecule has 1 atom stereocenters. The predicted molar refractivity (Wildman–Crippen MR) is 85.0 cm³/mol. The highest BCUT2D eigenvalue weighted by Gasteiger charge is 2.30. The van der Waals surface area contributed by atoms with Crippen LogP contribution in [-0.2, 0) is 10.0 Å². The third-order valence-electron chi connectivity index (χ3n) is 3.64. The Hall–Kier alpha value is -1.21. The monoisotopic (exact) mass is 327 g/mol. The summed E-state index contributed by atoms with van der Waals surface area (Å²) in [7, 11) is -3.51. The molecule has 1 aliphatic heterocycles. The molecular weight excluding hydrogens is 310 g/mol. The van der Waals surface area contributed by atoms with E-state index in [0.717, 1.165) is 12.8 Å². The van der Waals surface area contributed by atoms with Crippen molar-refractivity contribution in [2.75, 3.05) is 13.1 Å². The van der Waals surface area contributed by atoms with Crippen LogP contribution in [0.15, 0.2) is 41.4 Å². The van der Waals surface area contributed by atoms with E-state index in [0.29, 0.717) is 28.9 Å². The summed E-state index contributed by atoms with van der Waals surface area (Å²) in [5, 5.41) is 0.661. The maximum atomic E-state index is 12.8. The fourth-order valence-corrected chi connectivity index (χ4v) is 4.37. The lowest BCUT2D eigenvalue weighted by atomic mass is 10.1. The number of nitrogens with two attached hydrogens (primary N) is 1. The topological polar surface area (TPSA) is 76.3 Å². The molecule has 2 N–H and O–H groups in total. The van der Waals surface area contributed by atoms with Crippen LogP contribution in [0.25, 0.3) is 10.9 Å². The number of pyridine rings is 1. The summed E-state index contributed by atoms with van der Waals surface area (Å²) in [5.41, 5.74) is 6.58. The molecule has 1 aliphatic rings. The Balaban J connectivity index is 0.00000161. The number of hydrogen-bond acceptors (Lipinski definition) is 4. The lowest BCUT2D eigenvalue weighted by molar-refractivity contribution is 0.316. The number of rotatable bonds is 2. The zero-order chi connectivity index (χ0) is 14.2. The van der Waals surface area contributed by atoms with Gasteiger partial charge in [0.15, 0.2) is 0 Å². The number of piperidine rings is 1. The lowest BCUT2D eigenvalue weighted by Gasteiger charge is -2.30. The Morgan fingerprint density at radius 3 is 2.81 bits per heavy atom. The Bertz CT molecular complexity index is 731. The van der Waals surface area contributed by atoms with E-state index in [1.54, 1.807) is 30.5 Å². The molecule has 21 heavy (non-hydrogen) atoms. The molecule has 3 rings (SSSR count). The minimum Gasteiger partial charge on any atom is -0.327 e. The summed E-state index contributed by atoms with van der Waals surface area (Å²) in [6.07, 6.45) is 3.35. The second-order valence-electron chi connectivity index (χ2n) is 5.09. The molecule has 0 amide bonds. The Morgan fingerprint density at radius 2 is 2.05 bits per heavy atom. The van der Waals surface area contributed by atoms with Crippen LogP contribution in [0.5, 0.6) is 0 Å². The first-order valence-electron chi connectivity index (χ1n) is 6.68. The Kier molecular flexibility index (Phi) is 4.83. The molecule has 1 fully saturated rings. The molecule has 0 spiro atoms. The largest absolute Gasteiger partial charge is 0.327 e. The molecule has 1 unspecified atom stereocenters. The average Bonchev–Trinajstić information content (AvgIpc) is 2.46. The van der Waals surface area contributed by atoms with Gasteiger partial charge in [-0.15, -0.1) is 12.4 Å². The smallest absolute Gasteiger partial charge is 0.243 e. The molecule has 0 aliphatic carbocycles. The van der Waals surface area contributed by atoms with Gasteiger partial charge in [-0.3, -0.25) is 4.98 Å². The first kappa shape index (κ1) is 16.2. The Morgan fingerprint density at radius 1 is 1.24 bits per heavy atom. The van der Waals surface area contributed by atoms with Crippen LogP contribution in [0.3, 0.4) is 0 Å². The van der Waals surface area contributed by atoms with Crippen molar-refractivity contribution >= 4 is 33.3 Å². The van der Waals surface area contributed by atoms with E-state index < -0.39 is 10.0 Å². The zero-order valence-electron chi connectivity index (χ0n) is 11.5. The molecule has 1 saturated heterocycles. The molecule has 2 heterocycles. The predicted octanol–water partition coefficient (Wildman–Crippen LogP) is 1.77. The number of sulfonamides is 1. The van der Waals surface area contributed by atoms with Crippen LogP contribution in [0, 0.1) is 0 Å². The van der Waals surface area contributed by atoms with Gasteiger partial charge >= 0.3 is 0 Å². The van der Waals surface area contributed by atoms with Crippen molar-refractivity contribution in [1.82, 2.24) is 9.29 Å². The molecule has 1 aromatic carbocycles. The number of halogens is 1. The minimum absolute atomic E-state index is 0. The van der Waals surface area contributed by atoms with Gasteiger partial charge in [0.1, 0.15) is 0 Å². The van der Waals surface area contributed by atoms with Crippen LogP contribution < -0.4 is 5.73 Å². The highest BCUT2D eigenvalue weighted by Crippen LogP contribution is 2.26. The molecule has 7 heteroatoms. The van der Waals surface area contributed by atoms with Gasteiger partial charge in [-0.05, 0) is 37.1 Å². The van der Waals surface area contributed by atoms with Gasteiger partial charge in [-0.1, -0.05) is 6.07 Å². The number of fused-ring (bicyclic) bond motifs is 1. The number of benzene rings is 1. The van der Waals surface area contributed by atoms with Gasteiger partial charge in [-0.2, -0.15) is 4.31 Å². The molecule has 0 radical (unpaired) electrons. The quantitative estimate of drug-likeness (QED) is 0.912. The summed E-state index contributed by atoms with van der Waals surface area (Å²) in [6.45, 7) is 0.922. The normalized spacial score (nSPS) is 20.1. The maximum absolute atomic E-state index is 12.8. The first-order valence-corrected chi connectivity index (χ1v) is 8.12. The highest BCUT2D eigenvalue weighted by atomic mass is 35.5. The van der Waals surface area contributed by atoms with Crippen molar-refractivity contribution in [2.45, 2.75) is 23.8 Å². The summed E-state index contributed by atoms with van der Waals surface area (Å²) in [5.74, 6) is 0. The molecule has 5 nitrogen and oxygen atoms in total. The SMILES string of the molecule is Cl.NC1CCCN(S(=O)(=O)c2cccc3ncccc23)C1. The van der Waals surface area contributed by atoms with Gasteiger partial charge in [0, 0.05) is 30.7 Å². The van der Waals surface area contributed by atoms with E-state index in [1.807, 2.05) is 6.07 Å². The highest BCUT2D eigenvalue weighted by molar-refractivity contribution is 7.89. The van der Waals surface area contributed by atoms with Crippen LogP contribution in [0.4, 0.5) is 0 Å². The van der Waals surface area contributed by atoms with Gasteiger partial charge in [0.05, 0.1) is 10.4 Å². The second kappa shape index (κ2) is 6.27. The van der Waals surface area contributed by atoms with Crippen LogP contribution >= 0.6 is 12.4 Å². The van der Waals surface area contributed by atoms with Crippen molar-refractivity contribution in [3.63, 3.8) is 0 Å². The molecular formula is C14H18ClN3O2S. The Labute approximate surface area is 130 Å². The maximum Gasteiger partial charge on any atom is 0.243 e. The van der Waals surface area contributed by atoms with Gasteiger partial charge in [-0.25, -0.2) is 8.42 Å². The molecule has 2 aromatic rings. The molecule has 0 saturated carbocycles. The number of aromatic nitrogens is 1.